The van der Waals surface area contributed by atoms with Gasteiger partial charge in [-0.05, 0) is 69.1 Å². The number of nitrogens with one attached hydrogen (secondary N) is 1. The first kappa shape index (κ1) is 27.8. The van der Waals surface area contributed by atoms with Crippen molar-refractivity contribution < 1.29 is 28.5 Å². The Morgan fingerprint density at radius 2 is 1.85 bits per heavy atom. The van der Waals surface area contributed by atoms with Crippen LogP contribution in [0.15, 0.2) is 65.9 Å². The molecule has 3 heterocycles. The summed E-state index contributed by atoms with van der Waals surface area (Å²) in [4.78, 5) is 29.1. The fourth-order valence-electron chi connectivity index (χ4n) is 7.72. The Morgan fingerprint density at radius 1 is 1.10 bits per heavy atom. The largest absolute Gasteiger partial charge is 0.466 e. The third-order valence-electron chi connectivity index (χ3n) is 9.51. The summed E-state index contributed by atoms with van der Waals surface area (Å²) in [6.07, 6.45) is 3.08. The van der Waals surface area contributed by atoms with E-state index in [1.54, 1.807) is 0 Å². The number of anilines is 1. The van der Waals surface area contributed by atoms with Crippen LogP contribution in [-0.4, -0.2) is 54.7 Å². The Morgan fingerprint density at radius 3 is 2.56 bits per heavy atom. The minimum Gasteiger partial charge on any atom is -0.466 e. The molecule has 218 valence electrons. The SMILES string of the molecule is CC[C@@]1(C[C@H]2CCC(C(=O)OC)=C3Nc4ccccc4[C@]34CCN(C(=O)OCc3ccccc3)[C@H]24)COC(C)(C)O1. The summed E-state index contributed by atoms with van der Waals surface area (Å²) in [5, 5.41) is 3.62. The maximum atomic E-state index is 13.9. The molecule has 6 rings (SSSR count). The van der Waals surface area contributed by atoms with Gasteiger partial charge >= 0.3 is 12.1 Å². The Balaban J connectivity index is 1.44. The molecule has 4 atom stereocenters. The number of nitrogens with zero attached hydrogens (tertiary/aromatic N) is 1. The first-order valence-corrected chi connectivity index (χ1v) is 14.7. The number of benzene rings is 2. The van der Waals surface area contributed by atoms with E-state index in [9.17, 15) is 9.59 Å². The molecule has 0 bridgehead atoms. The van der Waals surface area contributed by atoms with Crippen LogP contribution in [0.2, 0.25) is 0 Å². The van der Waals surface area contributed by atoms with E-state index in [1.807, 2.05) is 67.3 Å². The van der Waals surface area contributed by atoms with Gasteiger partial charge in [-0.3, -0.25) is 0 Å². The highest BCUT2D eigenvalue weighted by Crippen LogP contribution is 2.59. The summed E-state index contributed by atoms with van der Waals surface area (Å²) >= 11 is 0. The van der Waals surface area contributed by atoms with Crippen LogP contribution < -0.4 is 5.32 Å². The Hall–Kier alpha value is -3.36. The van der Waals surface area contributed by atoms with E-state index < -0.39 is 16.8 Å². The van der Waals surface area contributed by atoms with Gasteiger partial charge in [0, 0.05) is 17.9 Å². The molecule has 0 aromatic heterocycles. The van der Waals surface area contributed by atoms with Crippen molar-refractivity contribution in [2.45, 2.75) is 82.3 Å². The highest BCUT2D eigenvalue weighted by molar-refractivity contribution is 5.92. The van der Waals surface area contributed by atoms with Gasteiger partial charge in [-0.1, -0.05) is 55.5 Å². The Kier molecular flexibility index (Phi) is 7.10. The molecule has 2 saturated heterocycles. The van der Waals surface area contributed by atoms with Crippen molar-refractivity contribution in [3.63, 3.8) is 0 Å². The van der Waals surface area contributed by atoms with Crippen molar-refractivity contribution in [1.29, 1.82) is 0 Å². The highest BCUT2D eigenvalue weighted by Gasteiger charge is 2.62. The van der Waals surface area contributed by atoms with E-state index in [4.69, 9.17) is 18.9 Å². The molecule has 1 spiro atoms. The van der Waals surface area contributed by atoms with Gasteiger partial charge in [0.05, 0.1) is 36.3 Å². The summed E-state index contributed by atoms with van der Waals surface area (Å²) in [6.45, 7) is 7.25. The van der Waals surface area contributed by atoms with E-state index in [1.165, 1.54) is 7.11 Å². The number of amides is 1. The number of esters is 1. The topological polar surface area (TPSA) is 86.3 Å². The van der Waals surface area contributed by atoms with Gasteiger partial charge in [0.1, 0.15) is 6.61 Å². The zero-order valence-corrected chi connectivity index (χ0v) is 24.4. The predicted octanol–water partition coefficient (Wildman–Crippen LogP) is 5.92. The van der Waals surface area contributed by atoms with Gasteiger partial charge in [-0.15, -0.1) is 0 Å². The Bertz CT molecular complexity index is 1360. The van der Waals surface area contributed by atoms with E-state index in [0.717, 1.165) is 28.9 Å². The van der Waals surface area contributed by atoms with Crippen LogP contribution >= 0.6 is 0 Å². The molecule has 2 fully saturated rings. The van der Waals surface area contributed by atoms with Gasteiger partial charge in [-0.2, -0.15) is 0 Å². The second-order valence-electron chi connectivity index (χ2n) is 12.2. The van der Waals surface area contributed by atoms with Crippen molar-refractivity contribution in [2.24, 2.45) is 5.92 Å². The molecule has 2 aromatic rings. The number of fused-ring (bicyclic) bond motifs is 1. The fourth-order valence-corrected chi connectivity index (χ4v) is 7.72. The molecule has 0 saturated carbocycles. The van der Waals surface area contributed by atoms with Gasteiger partial charge in [0.2, 0.25) is 0 Å². The molecule has 8 nitrogen and oxygen atoms in total. The second-order valence-corrected chi connectivity index (χ2v) is 12.2. The van der Waals surface area contributed by atoms with Gasteiger partial charge in [-0.25, -0.2) is 9.59 Å². The lowest BCUT2D eigenvalue weighted by Gasteiger charge is -2.42. The van der Waals surface area contributed by atoms with E-state index in [-0.39, 0.29) is 30.6 Å². The van der Waals surface area contributed by atoms with Gasteiger partial charge < -0.3 is 29.2 Å². The number of methoxy groups -OCH3 is 1. The van der Waals surface area contributed by atoms with Crippen molar-refractivity contribution in [1.82, 2.24) is 4.90 Å². The van der Waals surface area contributed by atoms with Gasteiger partial charge in [0.25, 0.3) is 0 Å². The lowest BCUT2D eigenvalue weighted by Crippen LogP contribution is -2.51. The zero-order valence-electron chi connectivity index (χ0n) is 24.4. The normalized spacial score (nSPS) is 29.7. The van der Waals surface area contributed by atoms with Crippen LogP contribution in [0.25, 0.3) is 0 Å². The van der Waals surface area contributed by atoms with Crippen LogP contribution in [-0.2, 0) is 35.8 Å². The summed E-state index contributed by atoms with van der Waals surface area (Å²) in [5.41, 5.74) is 3.48. The number of likely N-dealkylation sites (tertiary alicyclic amines) is 1. The van der Waals surface area contributed by atoms with Crippen LogP contribution in [0.4, 0.5) is 10.5 Å². The molecule has 2 aromatic carbocycles. The predicted molar refractivity (Wildman–Crippen MR) is 154 cm³/mol. The van der Waals surface area contributed by atoms with Crippen molar-refractivity contribution in [3.05, 3.63) is 77.0 Å². The number of rotatable bonds is 6. The summed E-state index contributed by atoms with van der Waals surface area (Å²) < 4.78 is 23.9. The first-order chi connectivity index (χ1) is 19.7. The van der Waals surface area contributed by atoms with Crippen LogP contribution in [0, 0.1) is 5.92 Å². The quantitative estimate of drug-likeness (QED) is 0.439. The monoisotopic (exact) mass is 560 g/mol. The number of hydrogen-bond acceptors (Lipinski definition) is 7. The highest BCUT2D eigenvalue weighted by atomic mass is 16.8. The van der Waals surface area contributed by atoms with Crippen LogP contribution in [0.3, 0.4) is 0 Å². The lowest BCUT2D eigenvalue weighted by atomic mass is 9.67. The summed E-state index contributed by atoms with van der Waals surface area (Å²) in [5.74, 6) is -0.981. The van der Waals surface area contributed by atoms with Crippen molar-refractivity contribution >= 4 is 17.7 Å². The second kappa shape index (κ2) is 10.5. The number of carbonyl (C=O) groups excluding carboxylic acids is 2. The number of hydrogen-bond donors (Lipinski definition) is 1. The lowest BCUT2D eigenvalue weighted by molar-refractivity contribution is -0.166. The molecule has 0 unspecified atom stereocenters. The number of ether oxygens (including phenoxy) is 4. The van der Waals surface area contributed by atoms with E-state index in [2.05, 4.69) is 18.3 Å². The molecular formula is C33H40N2O6. The third-order valence-corrected chi connectivity index (χ3v) is 9.51. The van der Waals surface area contributed by atoms with Crippen LogP contribution in [0.5, 0.6) is 0 Å². The molecule has 3 aliphatic heterocycles. The fraction of sp³-hybridized carbons (Fsp3) is 0.515. The molecule has 41 heavy (non-hydrogen) atoms. The average molecular weight is 561 g/mol. The standard InChI is InChI=1S/C33H40N2O6/c1-5-32(21-40-31(2,3)41-32)19-23-15-16-24(29(36)38-4)27-33(25-13-9-10-14-26(25)34-27)17-18-35(28(23)33)30(37)39-20-22-11-7-6-8-12-22/h6-14,23,28,34H,5,15-21H2,1-4H3/t23-,28-,32-,33-/m1/s1. The van der Waals surface area contributed by atoms with E-state index in [0.29, 0.717) is 44.4 Å². The molecule has 1 N–H and O–H groups in total. The van der Waals surface area contributed by atoms with Gasteiger partial charge in [0.15, 0.2) is 5.79 Å². The molecule has 8 heteroatoms. The summed E-state index contributed by atoms with van der Waals surface area (Å²) in [7, 11) is 1.43. The minimum absolute atomic E-state index is 0.0179. The van der Waals surface area contributed by atoms with Crippen molar-refractivity contribution in [2.75, 3.05) is 25.6 Å². The minimum atomic E-state index is -0.676. The molecule has 0 radical (unpaired) electrons. The molecule has 4 aliphatic rings. The molecular weight excluding hydrogens is 520 g/mol. The smallest absolute Gasteiger partial charge is 0.410 e. The van der Waals surface area contributed by atoms with Crippen molar-refractivity contribution in [3.8, 4) is 0 Å². The maximum absolute atomic E-state index is 13.9. The summed E-state index contributed by atoms with van der Waals surface area (Å²) in [6, 6.07) is 17.7. The Labute approximate surface area is 242 Å². The van der Waals surface area contributed by atoms with E-state index >= 15 is 0 Å². The molecule has 1 aliphatic carbocycles. The average Bonchev–Trinajstić information content (AvgIpc) is 3.61. The molecule has 1 amide bonds. The third kappa shape index (κ3) is 4.71. The first-order valence-electron chi connectivity index (χ1n) is 14.7. The van der Waals surface area contributed by atoms with Crippen LogP contribution in [0.1, 0.15) is 64.0 Å². The number of para-hydroxylation sites is 1. The number of carbonyl (C=O) groups is 2. The zero-order chi connectivity index (χ0) is 28.8. The maximum Gasteiger partial charge on any atom is 0.410 e.